The molecule has 1 aliphatic carbocycles. The van der Waals surface area contributed by atoms with Crippen LogP contribution in [-0.2, 0) is 19.6 Å². The number of carboxylic acids is 1. The third-order valence-corrected chi connectivity index (χ3v) is 10.2. The highest BCUT2D eigenvalue weighted by Crippen LogP contribution is 2.43. The molecule has 3 heterocycles. The average Bonchev–Trinajstić information content (AvgIpc) is 3.15. The van der Waals surface area contributed by atoms with Crippen LogP contribution in [0.4, 0.5) is 10.5 Å². The first-order valence-corrected chi connectivity index (χ1v) is 15.8. The Kier molecular flexibility index (Phi) is 9.22. The smallest absolute Gasteiger partial charge is 0.425 e. The van der Waals surface area contributed by atoms with Gasteiger partial charge in [-0.1, -0.05) is 13.3 Å². The molecule has 13 nitrogen and oxygen atoms in total. The summed E-state index contributed by atoms with van der Waals surface area (Å²) in [7, 11) is -3.83. The number of aromatic nitrogens is 2. The van der Waals surface area contributed by atoms with Crippen molar-refractivity contribution in [2.75, 3.05) is 36.8 Å². The molecule has 3 aliphatic rings. The quantitative estimate of drug-likeness (QED) is 0.347. The summed E-state index contributed by atoms with van der Waals surface area (Å²) in [5.74, 6) is -1.48. The molecule has 1 amide bonds. The van der Waals surface area contributed by atoms with Crippen molar-refractivity contribution in [1.29, 1.82) is 0 Å². The van der Waals surface area contributed by atoms with Gasteiger partial charge in [0.05, 0.1) is 35.5 Å². The van der Waals surface area contributed by atoms with Crippen LogP contribution in [0.15, 0.2) is 18.5 Å². The zero-order valence-corrected chi connectivity index (χ0v) is 24.3. The molecule has 4 rings (SSSR count). The third-order valence-electron chi connectivity index (χ3n) is 8.77. The molecule has 2 aliphatic heterocycles. The Morgan fingerprint density at radius 3 is 2.48 bits per heavy atom. The molecule has 0 spiro atoms. The van der Waals surface area contributed by atoms with Gasteiger partial charge in [0.15, 0.2) is 0 Å². The van der Waals surface area contributed by atoms with Crippen molar-refractivity contribution < 1.29 is 33.0 Å². The minimum absolute atomic E-state index is 0.0858. The lowest BCUT2D eigenvalue weighted by Gasteiger charge is -2.43. The van der Waals surface area contributed by atoms with E-state index in [0.29, 0.717) is 45.2 Å². The molecule has 1 saturated carbocycles. The van der Waals surface area contributed by atoms with Gasteiger partial charge in [-0.25, -0.2) is 23.2 Å². The summed E-state index contributed by atoms with van der Waals surface area (Å²) in [5, 5.41) is 32.5. The van der Waals surface area contributed by atoms with Crippen molar-refractivity contribution >= 4 is 27.8 Å². The van der Waals surface area contributed by atoms with Crippen LogP contribution in [0, 0.1) is 5.92 Å². The van der Waals surface area contributed by atoms with Gasteiger partial charge in [0.1, 0.15) is 11.6 Å². The van der Waals surface area contributed by atoms with E-state index in [-0.39, 0.29) is 36.6 Å². The topological polar surface area (TPSA) is 166 Å². The number of unbranched alkanes of at least 4 members (excludes halogenated alkanes) is 1. The lowest BCUT2D eigenvalue weighted by molar-refractivity contribution is -0.149. The number of carboxylic acid groups (broad SMARTS) is 1. The number of nitrogens with zero attached hydrogens (tertiary/aromatic N) is 5. The summed E-state index contributed by atoms with van der Waals surface area (Å²) in [6.45, 7) is 8.52. The lowest BCUT2D eigenvalue weighted by Crippen LogP contribution is -2.59. The zero-order valence-electron chi connectivity index (χ0n) is 23.5. The molecule has 0 aromatic carbocycles. The number of anilines is 1. The number of cyclic esters (lactones) is 1. The number of hydrogen-bond acceptors (Lipinski definition) is 10. The van der Waals surface area contributed by atoms with E-state index < -0.39 is 33.2 Å². The minimum Gasteiger partial charge on any atom is -0.480 e. The van der Waals surface area contributed by atoms with E-state index in [9.17, 15) is 28.2 Å². The minimum atomic E-state index is -3.83. The zero-order chi connectivity index (χ0) is 29.1. The number of carbonyl (C=O) groups excluding carboxylic acids is 1. The molecule has 0 radical (unpaired) electrons. The molecule has 3 N–H and O–H groups in total. The van der Waals surface area contributed by atoms with Gasteiger partial charge in [-0.2, -0.15) is 14.9 Å². The van der Waals surface area contributed by atoms with Gasteiger partial charge in [0, 0.05) is 26.2 Å². The normalized spacial score (nSPS) is 30.8. The molecule has 3 unspecified atom stereocenters. The average molecular weight is 583 g/mol. The Hall–Kier alpha value is -2.55. The van der Waals surface area contributed by atoms with Gasteiger partial charge in [0.25, 0.3) is 0 Å². The highest BCUT2D eigenvalue weighted by molar-refractivity contribution is 7.89. The van der Waals surface area contributed by atoms with E-state index in [1.54, 1.807) is 17.4 Å². The van der Waals surface area contributed by atoms with E-state index in [1.165, 1.54) is 0 Å². The van der Waals surface area contributed by atoms with Gasteiger partial charge < -0.3 is 19.8 Å². The van der Waals surface area contributed by atoms with Crippen LogP contribution in [-0.4, -0.2) is 106 Å². The van der Waals surface area contributed by atoms with E-state index in [0.717, 1.165) is 18.8 Å². The van der Waals surface area contributed by atoms with E-state index in [1.807, 2.05) is 31.8 Å². The van der Waals surface area contributed by atoms with Crippen LogP contribution in [0.3, 0.4) is 0 Å². The van der Waals surface area contributed by atoms with Crippen LogP contribution in [0.2, 0.25) is 0 Å². The Morgan fingerprint density at radius 2 is 1.90 bits per heavy atom. The predicted molar refractivity (Wildman–Crippen MR) is 147 cm³/mol. The van der Waals surface area contributed by atoms with Crippen molar-refractivity contribution in [3.63, 3.8) is 0 Å². The number of nitrogens with one attached hydrogen (secondary N) is 1. The molecule has 1 aromatic heterocycles. The Labute approximate surface area is 235 Å². The molecule has 40 heavy (non-hydrogen) atoms. The third kappa shape index (κ3) is 6.67. The van der Waals surface area contributed by atoms with Crippen molar-refractivity contribution in [2.24, 2.45) is 5.92 Å². The van der Waals surface area contributed by atoms with Crippen molar-refractivity contribution in [2.45, 2.75) is 89.0 Å². The Morgan fingerprint density at radius 1 is 1.23 bits per heavy atom. The fourth-order valence-corrected chi connectivity index (χ4v) is 7.63. The molecule has 3 atom stereocenters. The second kappa shape index (κ2) is 12.1. The monoisotopic (exact) mass is 582 g/mol. The molecular weight excluding hydrogens is 540 g/mol. The van der Waals surface area contributed by atoms with E-state index in [2.05, 4.69) is 19.8 Å². The van der Waals surface area contributed by atoms with E-state index in [4.69, 9.17) is 4.74 Å². The summed E-state index contributed by atoms with van der Waals surface area (Å²) >= 11 is 0. The van der Waals surface area contributed by atoms with Crippen LogP contribution >= 0.6 is 0 Å². The summed E-state index contributed by atoms with van der Waals surface area (Å²) in [5.41, 5.74) is -1.44. The SMILES string of the molecule is CCCCS(=O)(=O)NC(C(=O)O)C1(O)CCC(CC2(C)OC(=O)N(N3CCN(c4ccnnc4)CC3)C2C)CC1. The lowest BCUT2D eigenvalue weighted by atomic mass is 9.71. The maximum atomic E-state index is 13.0. The molecule has 224 valence electrons. The molecule has 1 aromatic rings. The number of hydrazine groups is 1. The summed E-state index contributed by atoms with van der Waals surface area (Å²) in [6.07, 6.45) is 5.90. The predicted octanol–water partition coefficient (Wildman–Crippen LogP) is 1.60. The highest BCUT2D eigenvalue weighted by Gasteiger charge is 2.53. The Balaban J connectivity index is 1.34. The van der Waals surface area contributed by atoms with Crippen molar-refractivity contribution in [1.82, 2.24) is 24.9 Å². The number of rotatable bonds is 11. The first-order chi connectivity index (χ1) is 18.9. The van der Waals surface area contributed by atoms with Crippen molar-refractivity contribution in [3.8, 4) is 0 Å². The van der Waals surface area contributed by atoms with Crippen LogP contribution in [0.5, 0.6) is 0 Å². The van der Waals surface area contributed by atoms with Gasteiger partial charge in [0.2, 0.25) is 10.0 Å². The first kappa shape index (κ1) is 30.4. The maximum absolute atomic E-state index is 13.0. The fourth-order valence-electron chi connectivity index (χ4n) is 6.17. The second-order valence-corrected chi connectivity index (χ2v) is 13.4. The van der Waals surface area contributed by atoms with Gasteiger partial charge >= 0.3 is 12.1 Å². The number of aliphatic hydroxyl groups is 1. The first-order valence-electron chi connectivity index (χ1n) is 14.1. The standard InChI is InChI=1S/C26H42N6O7S/c1-4-5-16-40(37,38)29-22(23(33)34)26(36)9-6-20(7-10-26)17-25(3)19(2)32(24(35)39-25)31-14-12-30(13-15-31)21-8-11-27-28-18-21/h8,11,18-20,22,29,36H,4-7,9-10,12-17H2,1-3H3,(H,33,34). The second-order valence-electron chi connectivity index (χ2n) is 11.6. The maximum Gasteiger partial charge on any atom is 0.425 e. The van der Waals surface area contributed by atoms with E-state index >= 15 is 0 Å². The molecule has 3 fully saturated rings. The molecule has 14 heteroatoms. The van der Waals surface area contributed by atoms with Gasteiger partial charge in [-0.05, 0) is 64.4 Å². The number of hydrogen-bond donors (Lipinski definition) is 3. The van der Waals surface area contributed by atoms with Crippen LogP contribution in [0.25, 0.3) is 0 Å². The van der Waals surface area contributed by atoms with Crippen LogP contribution < -0.4 is 9.62 Å². The number of sulfonamides is 1. The highest BCUT2D eigenvalue weighted by atomic mass is 32.2. The largest absolute Gasteiger partial charge is 0.480 e. The summed E-state index contributed by atoms with van der Waals surface area (Å²) < 4.78 is 33.0. The molecule has 2 saturated heterocycles. The number of piperazine rings is 1. The summed E-state index contributed by atoms with van der Waals surface area (Å²) in [6, 6.07) is 0.0935. The number of ether oxygens (including phenoxy) is 1. The van der Waals surface area contributed by atoms with Crippen molar-refractivity contribution in [3.05, 3.63) is 18.5 Å². The Bertz CT molecular complexity index is 1140. The summed E-state index contributed by atoms with van der Waals surface area (Å²) in [4.78, 5) is 27.2. The fraction of sp³-hybridized carbons (Fsp3) is 0.769. The molecular formula is C26H42N6O7S. The molecule has 0 bridgehead atoms. The number of amides is 1. The van der Waals surface area contributed by atoms with Gasteiger partial charge in [-0.15, -0.1) is 0 Å². The number of carbonyl (C=O) groups is 2. The number of aliphatic carboxylic acids is 1. The van der Waals surface area contributed by atoms with Gasteiger partial charge in [-0.3, -0.25) is 4.79 Å². The van der Waals surface area contributed by atoms with Crippen LogP contribution in [0.1, 0.15) is 65.7 Å².